The normalized spacial score (nSPS) is 14.1. The molecular weight excluding hydrogens is 268 g/mol. The molecule has 0 bridgehead atoms. The van der Waals surface area contributed by atoms with E-state index in [0.29, 0.717) is 18.7 Å². The first-order chi connectivity index (χ1) is 8.81. The van der Waals surface area contributed by atoms with Crippen LogP contribution in [-0.2, 0) is 26.0 Å². The zero-order valence-corrected chi connectivity index (χ0v) is 11.5. The van der Waals surface area contributed by atoms with Crippen LogP contribution in [0.2, 0.25) is 0 Å². The summed E-state index contributed by atoms with van der Waals surface area (Å²) in [5.41, 5.74) is 1.52. The van der Waals surface area contributed by atoms with Crippen molar-refractivity contribution in [2.45, 2.75) is 25.2 Å². The summed E-state index contributed by atoms with van der Waals surface area (Å²) in [5, 5.41) is 0. The van der Waals surface area contributed by atoms with Crippen LogP contribution in [0, 0.1) is 0 Å². The van der Waals surface area contributed by atoms with Crippen molar-refractivity contribution < 1.29 is 18.0 Å². The predicted octanol–water partition coefficient (Wildman–Crippen LogP) is 0.420. The molecule has 0 fully saturated rings. The highest BCUT2D eigenvalue weighted by atomic mass is 32.2. The molecule has 0 aliphatic carbocycles. The Kier molecular flexibility index (Phi) is 3.32. The fraction of sp³-hybridized carbons (Fsp3) is 0.333. The number of rotatable bonds is 2. The topological polar surface area (TPSA) is 83.6 Å². The Morgan fingerprint density at radius 2 is 1.95 bits per heavy atom. The molecule has 0 aromatic heterocycles. The molecule has 0 radical (unpaired) electrons. The Labute approximate surface area is 111 Å². The van der Waals surface area contributed by atoms with Gasteiger partial charge in [-0.25, -0.2) is 13.1 Å². The smallest absolute Gasteiger partial charge is 0.264 e. The van der Waals surface area contributed by atoms with Crippen molar-refractivity contribution in [3.05, 3.63) is 23.8 Å². The van der Waals surface area contributed by atoms with E-state index in [0.717, 1.165) is 12.5 Å². The molecule has 0 atom stereocenters. The highest BCUT2D eigenvalue weighted by molar-refractivity contribution is 7.90. The summed E-state index contributed by atoms with van der Waals surface area (Å²) in [7, 11) is -3.87. The van der Waals surface area contributed by atoms with Gasteiger partial charge < -0.3 is 4.90 Å². The van der Waals surface area contributed by atoms with Crippen LogP contribution in [0.4, 0.5) is 5.69 Å². The number of carbonyl (C=O) groups is 2. The van der Waals surface area contributed by atoms with Crippen molar-refractivity contribution in [1.29, 1.82) is 0 Å². The van der Waals surface area contributed by atoms with Crippen molar-refractivity contribution in [3.63, 3.8) is 0 Å². The number of sulfonamides is 1. The quantitative estimate of drug-likeness (QED) is 0.852. The molecule has 19 heavy (non-hydrogen) atoms. The molecule has 2 amide bonds. The molecule has 1 aromatic carbocycles. The van der Waals surface area contributed by atoms with E-state index in [-0.39, 0.29) is 10.8 Å². The molecule has 0 spiro atoms. The summed E-state index contributed by atoms with van der Waals surface area (Å²) in [4.78, 5) is 23.8. The maximum absolute atomic E-state index is 11.9. The molecule has 1 aliphatic heterocycles. The number of carbonyl (C=O) groups excluding carboxylic acids is 2. The first-order valence-electron chi connectivity index (χ1n) is 5.75. The Bertz CT molecular complexity index is 652. The zero-order chi connectivity index (χ0) is 14.2. The van der Waals surface area contributed by atoms with Crippen LogP contribution in [0.1, 0.15) is 19.4 Å². The molecule has 0 saturated heterocycles. The average Bonchev–Trinajstić information content (AvgIpc) is 2.69. The summed E-state index contributed by atoms with van der Waals surface area (Å²) >= 11 is 0. The predicted molar refractivity (Wildman–Crippen MR) is 69.2 cm³/mol. The first-order valence-corrected chi connectivity index (χ1v) is 7.24. The van der Waals surface area contributed by atoms with Crippen molar-refractivity contribution in [2.75, 3.05) is 11.4 Å². The van der Waals surface area contributed by atoms with Gasteiger partial charge in [0.15, 0.2) is 0 Å². The van der Waals surface area contributed by atoms with E-state index in [4.69, 9.17) is 0 Å². The largest absolute Gasteiger partial charge is 0.312 e. The number of amides is 2. The molecule has 1 heterocycles. The number of benzene rings is 1. The van der Waals surface area contributed by atoms with Gasteiger partial charge in [-0.2, -0.15) is 0 Å². The van der Waals surface area contributed by atoms with Gasteiger partial charge in [-0.1, -0.05) is 6.07 Å². The summed E-state index contributed by atoms with van der Waals surface area (Å²) in [5.74, 6) is -0.781. The minimum Gasteiger partial charge on any atom is -0.312 e. The third-order valence-electron chi connectivity index (χ3n) is 2.92. The van der Waals surface area contributed by atoms with Gasteiger partial charge in [0.05, 0.1) is 4.90 Å². The van der Waals surface area contributed by atoms with Gasteiger partial charge >= 0.3 is 0 Å². The molecule has 7 heteroatoms. The van der Waals surface area contributed by atoms with Gasteiger partial charge in [0, 0.05) is 26.1 Å². The lowest BCUT2D eigenvalue weighted by Crippen LogP contribution is -2.29. The van der Waals surface area contributed by atoms with Gasteiger partial charge in [0.2, 0.25) is 11.8 Å². The van der Waals surface area contributed by atoms with E-state index in [2.05, 4.69) is 0 Å². The third kappa shape index (κ3) is 2.60. The fourth-order valence-corrected chi connectivity index (χ4v) is 3.11. The maximum atomic E-state index is 11.9. The summed E-state index contributed by atoms with van der Waals surface area (Å²) in [6.45, 7) is 3.12. The number of anilines is 1. The monoisotopic (exact) mass is 282 g/mol. The molecule has 6 nitrogen and oxygen atoms in total. The first kappa shape index (κ1) is 13.5. The van der Waals surface area contributed by atoms with Crippen LogP contribution in [0.25, 0.3) is 0 Å². The van der Waals surface area contributed by atoms with Crippen LogP contribution in [-0.4, -0.2) is 26.8 Å². The van der Waals surface area contributed by atoms with Gasteiger partial charge in [0.25, 0.3) is 10.0 Å². The standard InChI is InChI=1S/C12H14N2O4S/c1-8(15)13-19(17,18)11-4-3-10-5-6-14(9(2)16)12(10)7-11/h3-4,7H,5-6H2,1-2H3,(H,13,15). The van der Waals surface area contributed by atoms with Gasteiger partial charge in [0.1, 0.15) is 0 Å². The average molecular weight is 282 g/mol. The Morgan fingerprint density at radius 3 is 2.53 bits per heavy atom. The third-order valence-corrected chi connectivity index (χ3v) is 4.35. The van der Waals surface area contributed by atoms with Crippen LogP contribution in [0.15, 0.2) is 23.1 Å². The zero-order valence-electron chi connectivity index (χ0n) is 10.6. The molecular formula is C12H14N2O4S. The van der Waals surface area contributed by atoms with E-state index >= 15 is 0 Å². The highest BCUT2D eigenvalue weighted by Crippen LogP contribution is 2.30. The lowest BCUT2D eigenvalue weighted by molar-refractivity contribution is -0.117. The van der Waals surface area contributed by atoms with E-state index in [1.165, 1.54) is 24.0 Å². The minimum atomic E-state index is -3.87. The molecule has 1 N–H and O–H groups in total. The maximum Gasteiger partial charge on any atom is 0.264 e. The van der Waals surface area contributed by atoms with E-state index < -0.39 is 15.9 Å². The number of hydrogen-bond donors (Lipinski definition) is 1. The summed E-state index contributed by atoms with van der Waals surface area (Å²) in [6, 6.07) is 4.54. The summed E-state index contributed by atoms with van der Waals surface area (Å²) in [6.07, 6.45) is 0.704. The second-order valence-electron chi connectivity index (χ2n) is 4.37. The van der Waals surface area contributed by atoms with Gasteiger partial charge in [-0.3, -0.25) is 9.59 Å². The second kappa shape index (κ2) is 4.65. The van der Waals surface area contributed by atoms with Crippen LogP contribution >= 0.6 is 0 Å². The Balaban J connectivity index is 2.44. The SMILES string of the molecule is CC(=O)NS(=O)(=O)c1ccc2c(c1)N(C(C)=O)CC2. The lowest BCUT2D eigenvalue weighted by Gasteiger charge is -2.15. The van der Waals surface area contributed by atoms with Gasteiger partial charge in [-0.15, -0.1) is 0 Å². The molecule has 2 rings (SSSR count). The van der Waals surface area contributed by atoms with Crippen molar-refractivity contribution in [2.24, 2.45) is 0 Å². The summed E-state index contributed by atoms with van der Waals surface area (Å²) < 4.78 is 25.7. The molecule has 0 unspecified atom stereocenters. The van der Waals surface area contributed by atoms with Crippen LogP contribution in [0.5, 0.6) is 0 Å². The van der Waals surface area contributed by atoms with Crippen molar-refractivity contribution in [1.82, 2.24) is 4.72 Å². The minimum absolute atomic E-state index is 0.0189. The van der Waals surface area contributed by atoms with Crippen molar-refractivity contribution in [3.8, 4) is 0 Å². The molecule has 102 valence electrons. The van der Waals surface area contributed by atoms with Crippen LogP contribution < -0.4 is 9.62 Å². The van der Waals surface area contributed by atoms with Crippen molar-refractivity contribution >= 4 is 27.5 Å². The second-order valence-corrected chi connectivity index (χ2v) is 6.06. The molecule has 1 aromatic rings. The van der Waals surface area contributed by atoms with E-state index in [9.17, 15) is 18.0 Å². The Hall–Kier alpha value is -1.89. The fourth-order valence-electron chi connectivity index (χ4n) is 2.10. The highest BCUT2D eigenvalue weighted by Gasteiger charge is 2.25. The number of fused-ring (bicyclic) bond motifs is 1. The Morgan fingerprint density at radius 1 is 1.26 bits per heavy atom. The lowest BCUT2D eigenvalue weighted by atomic mass is 10.2. The number of nitrogens with zero attached hydrogens (tertiary/aromatic N) is 1. The van der Waals surface area contributed by atoms with E-state index in [1.54, 1.807) is 6.07 Å². The molecule has 0 saturated carbocycles. The van der Waals surface area contributed by atoms with E-state index in [1.807, 2.05) is 4.72 Å². The molecule has 1 aliphatic rings. The number of nitrogens with one attached hydrogen (secondary N) is 1. The van der Waals surface area contributed by atoms with Gasteiger partial charge in [-0.05, 0) is 24.1 Å². The number of hydrogen-bond acceptors (Lipinski definition) is 4. The van der Waals surface area contributed by atoms with Crippen LogP contribution in [0.3, 0.4) is 0 Å².